The Balaban J connectivity index is 0.945. The summed E-state index contributed by atoms with van der Waals surface area (Å²) in [5.74, 6) is 0.949. The molecule has 3 fully saturated rings. The quantitative estimate of drug-likeness (QED) is 0.162. The van der Waals surface area contributed by atoms with Crippen molar-refractivity contribution in [3.63, 3.8) is 0 Å². The van der Waals surface area contributed by atoms with Crippen LogP contribution in [0.3, 0.4) is 0 Å². The number of methoxy groups -OCH3 is 1. The largest absolute Gasteiger partial charge is 0.405 e. The highest BCUT2D eigenvalue weighted by atomic mass is 16.5. The summed E-state index contributed by atoms with van der Waals surface area (Å²) in [5, 5.41) is 11.8. The number of fused-ring (bicyclic) bond motifs is 1. The van der Waals surface area contributed by atoms with Crippen LogP contribution in [0, 0.1) is 5.41 Å². The summed E-state index contributed by atoms with van der Waals surface area (Å²) in [6.45, 7) is 7.13. The fourth-order valence-electron chi connectivity index (χ4n) is 7.47. The molecule has 4 aromatic rings. The highest BCUT2D eigenvalue weighted by molar-refractivity contribution is 6.00. The molecule has 0 radical (unpaired) electrons. The van der Waals surface area contributed by atoms with Crippen molar-refractivity contribution in [2.45, 2.75) is 43.9 Å². The van der Waals surface area contributed by atoms with Crippen LogP contribution in [0.25, 0.3) is 27.9 Å². The molecule has 11 heteroatoms. The van der Waals surface area contributed by atoms with Crippen molar-refractivity contribution in [1.29, 1.82) is 0 Å². The van der Waals surface area contributed by atoms with Crippen molar-refractivity contribution in [2.24, 2.45) is 16.1 Å². The predicted octanol–water partition coefficient (Wildman–Crippen LogP) is 5.70. The van der Waals surface area contributed by atoms with Gasteiger partial charge in [-0.25, -0.2) is 0 Å². The minimum absolute atomic E-state index is 0.0989. The Morgan fingerprint density at radius 2 is 1.88 bits per heavy atom. The number of nitrogens with two attached hydrogens (primary N) is 1. The number of aliphatic imine (C=N–C) groups is 1. The highest BCUT2D eigenvalue weighted by Crippen LogP contribution is 2.40. The van der Waals surface area contributed by atoms with Crippen molar-refractivity contribution >= 4 is 40.3 Å². The molecule has 51 heavy (non-hydrogen) atoms. The lowest BCUT2D eigenvalue weighted by Gasteiger charge is -2.33. The third kappa shape index (κ3) is 7.64. The van der Waals surface area contributed by atoms with E-state index in [0.717, 1.165) is 46.3 Å². The van der Waals surface area contributed by atoms with Gasteiger partial charge in [0.2, 0.25) is 11.8 Å². The van der Waals surface area contributed by atoms with Gasteiger partial charge in [0, 0.05) is 67.4 Å². The summed E-state index contributed by atoms with van der Waals surface area (Å²) in [7, 11) is 1.63. The van der Waals surface area contributed by atoms with Crippen LogP contribution < -0.4 is 11.1 Å². The second kappa shape index (κ2) is 15.0. The zero-order valence-corrected chi connectivity index (χ0v) is 29.2. The van der Waals surface area contributed by atoms with Crippen molar-refractivity contribution < 1.29 is 14.3 Å². The summed E-state index contributed by atoms with van der Waals surface area (Å²) in [5.41, 5.74) is 12.1. The smallest absolute Gasteiger partial charge is 0.236 e. The van der Waals surface area contributed by atoms with Crippen molar-refractivity contribution in [2.75, 3.05) is 51.8 Å². The SMILES string of the molecule is C=C(N=C/C=C\N)c1ccc(C2CCN(C(=O)CN3CC[C@@](COC)(C(=O)Nc4ccc5[nH]nc(-c6ccnc(C7CC7)c6)c5c4)C3)CC2)cc1. The Bertz CT molecular complexity index is 1960. The number of carbonyl (C=O) groups is 2. The van der Waals surface area contributed by atoms with E-state index in [4.69, 9.17) is 10.5 Å². The number of hydrogen-bond acceptors (Lipinski definition) is 8. The number of benzene rings is 2. The van der Waals surface area contributed by atoms with E-state index in [0.29, 0.717) is 62.4 Å². The van der Waals surface area contributed by atoms with Gasteiger partial charge >= 0.3 is 0 Å². The number of likely N-dealkylation sites (tertiary alicyclic amines) is 2. The first kappa shape index (κ1) is 34.3. The minimum atomic E-state index is -0.760. The lowest BCUT2D eigenvalue weighted by molar-refractivity contribution is -0.134. The van der Waals surface area contributed by atoms with Crippen LogP contribution in [-0.2, 0) is 14.3 Å². The van der Waals surface area contributed by atoms with Gasteiger partial charge in [-0.15, -0.1) is 0 Å². The van der Waals surface area contributed by atoms with Crippen molar-refractivity contribution in [1.82, 2.24) is 25.0 Å². The fraction of sp³-hybridized carbons (Fsp3) is 0.375. The number of aromatic nitrogens is 3. The van der Waals surface area contributed by atoms with Crippen molar-refractivity contribution in [3.8, 4) is 11.3 Å². The van der Waals surface area contributed by atoms with Crippen molar-refractivity contribution in [3.05, 3.63) is 96.5 Å². The molecule has 4 N–H and O–H groups in total. The van der Waals surface area contributed by atoms with E-state index in [2.05, 4.69) is 55.2 Å². The Morgan fingerprint density at radius 3 is 2.63 bits per heavy atom. The normalized spacial score (nSPS) is 20.1. The number of pyridine rings is 1. The molecule has 2 saturated heterocycles. The predicted molar refractivity (Wildman–Crippen MR) is 201 cm³/mol. The van der Waals surface area contributed by atoms with Crippen LogP contribution in [0.1, 0.15) is 60.8 Å². The number of H-pyrrole nitrogens is 1. The van der Waals surface area contributed by atoms with E-state index in [-0.39, 0.29) is 18.4 Å². The first-order valence-electron chi connectivity index (χ1n) is 17.8. The third-order valence-electron chi connectivity index (χ3n) is 10.6. The highest BCUT2D eigenvalue weighted by Gasteiger charge is 2.45. The summed E-state index contributed by atoms with van der Waals surface area (Å²) < 4.78 is 5.60. The maximum Gasteiger partial charge on any atom is 0.236 e. The molecule has 7 rings (SSSR count). The van der Waals surface area contributed by atoms with E-state index in [1.165, 1.54) is 24.6 Å². The van der Waals surface area contributed by atoms with Gasteiger partial charge in [-0.1, -0.05) is 30.8 Å². The van der Waals surface area contributed by atoms with E-state index in [9.17, 15) is 9.59 Å². The molecule has 2 amide bonds. The molecule has 1 saturated carbocycles. The van der Waals surface area contributed by atoms with Gasteiger partial charge in [0.25, 0.3) is 0 Å². The van der Waals surface area contributed by atoms with Crippen LogP contribution in [0.4, 0.5) is 5.69 Å². The summed E-state index contributed by atoms with van der Waals surface area (Å²) in [4.78, 5) is 40.3. The van der Waals surface area contributed by atoms with Crippen LogP contribution >= 0.6 is 0 Å². The number of allylic oxidation sites excluding steroid dienone is 1. The molecular weight excluding hydrogens is 640 g/mol. The first-order chi connectivity index (χ1) is 24.9. The topological polar surface area (TPSA) is 142 Å². The summed E-state index contributed by atoms with van der Waals surface area (Å²) in [6, 6.07) is 18.3. The van der Waals surface area contributed by atoms with Gasteiger partial charge in [-0.2, -0.15) is 5.10 Å². The van der Waals surface area contributed by atoms with Gasteiger partial charge in [-0.3, -0.25) is 29.6 Å². The average molecular weight is 687 g/mol. The van der Waals surface area contributed by atoms with Crippen LogP contribution in [0.2, 0.25) is 0 Å². The number of nitrogens with zero attached hydrogens (tertiary/aromatic N) is 5. The molecular formula is C40H46N8O3. The lowest BCUT2D eigenvalue weighted by Crippen LogP contribution is -2.46. The monoisotopic (exact) mass is 686 g/mol. The summed E-state index contributed by atoms with van der Waals surface area (Å²) >= 11 is 0. The Kier molecular flexibility index (Phi) is 10.1. The fourth-order valence-corrected chi connectivity index (χ4v) is 7.47. The number of ether oxygens (including phenoxy) is 1. The minimum Gasteiger partial charge on any atom is -0.405 e. The molecule has 2 aromatic carbocycles. The van der Waals surface area contributed by atoms with Gasteiger partial charge < -0.3 is 20.7 Å². The Morgan fingerprint density at radius 1 is 1.08 bits per heavy atom. The molecule has 0 spiro atoms. The zero-order valence-electron chi connectivity index (χ0n) is 29.2. The second-order valence-corrected chi connectivity index (χ2v) is 14.1. The molecule has 2 aromatic heterocycles. The van der Waals surface area contributed by atoms with Crippen LogP contribution in [0.15, 0.2) is 84.6 Å². The molecule has 3 aliphatic rings. The first-order valence-corrected chi connectivity index (χ1v) is 17.8. The number of anilines is 1. The second-order valence-electron chi connectivity index (χ2n) is 14.1. The van der Waals surface area contributed by atoms with Gasteiger partial charge in [0.1, 0.15) is 5.69 Å². The lowest BCUT2D eigenvalue weighted by atomic mass is 9.86. The zero-order chi connectivity index (χ0) is 35.4. The molecule has 0 unspecified atom stereocenters. The molecule has 4 heterocycles. The van der Waals surface area contributed by atoms with Gasteiger partial charge in [0.05, 0.1) is 29.8 Å². The molecule has 11 nitrogen and oxygen atoms in total. The standard InChI is InChI=1S/C40H46N8O3/c1-27(42-17-3-16-41)28-4-6-29(7-5-28)30-13-19-48(20-14-30)37(49)24-47-21-15-40(25-47,26-51-2)39(50)44-33-10-11-35-34(23-33)38(46-45-35)32-12-18-43-36(22-32)31-8-9-31/h3-7,10-12,16-18,22-23,30-31H,1,8-9,13-15,19-21,24-26,41H2,2H3,(H,44,50)(H,45,46)/b16-3-,42-17?/t40-/m1/s1. The number of amides is 2. The maximum atomic E-state index is 13.9. The van der Waals surface area contributed by atoms with E-state index < -0.39 is 5.41 Å². The molecule has 1 aliphatic carbocycles. The molecule has 0 bridgehead atoms. The number of hydrogen-bond donors (Lipinski definition) is 3. The van der Waals surface area contributed by atoms with E-state index in [1.54, 1.807) is 19.4 Å². The third-order valence-corrected chi connectivity index (χ3v) is 10.6. The molecule has 264 valence electrons. The Labute approximate surface area is 298 Å². The van der Waals surface area contributed by atoms with Crippen LogP contribution in [0.5, 0.6) is 0 Å². The van der Waals surface area contributed by atoms with E-state index >= 15 is 0 Å². The van der Waals surface area contributed by atoms with Gasteiger partial charge in [-0.05, 0) is 98.3 Å². The molecule has 2 aliphatic heterocycles. The number of carbonyl (C=O) groups excluding carboxylic acids is 2. The maximum absolute atomic E-state index is 13.9. The number of aromatic amines is 1. The van der Waals surface area contributed by atoms with E-state index in [1.807, 2.05) is 47.5 Å². The summed E-state index contributed by atoms with van der Waals surface area (Å²) in [6.07, 6.45) is 11.4. The number of piperidine rings is 1. The number of nitrogens with one attached hydrogen (secondary N) is 2. The average Bonchev–Trinajstić information content (AvgIpc) is 3.81. The van der Waals surface area contributed by atoms with Gasteiger partial charge in [0.15, 0.2) is 0 Å². The number of rotatable bonds is 12. The Hall–Kier alpha value is -5.13. The van der Waals surface area contributed by atoms with Crippen LogP contribution in [-0.4, -0.2) is 89.5 Å². The molecule has 1 atom stereocenters.